The SMILES string of the molecule is Cc1cc(C)cc(C(=O)Nc2nc3ccc(S(=O)(=O)N(CC(C)C)CC(C)C)cc3s2)c1. The number of thiazole rings is 1. The molecule has 3 aromatic rings. The molecule has 0 unspecified atom stereocenters. The topological polar surface area (TPSA) is 79.4 Å². The van der Waals surface area contributed by atoms with Gasteiger partial charge >= 0.3 is 0 Å². The molecule has 3 rings (SSSR count). The molecule has 0 bridgehead atoms. The van der Waals surface area contributed by atoms with Gasteiger partial charge in [-0.2, -0.15) is 4.31 Å². The Morgan fingerprint density at radius 3 is 2.16 bits per heavy atom. The second kappa shape index (κ2) is 9.68. The lowest BCUT2D eigenvalue weighted by Gasteiger charge is -2.25. The summed E-state index contributed by atoms with van der Waals surface area (Å²) in [5.41, 5.74) is 3.26. The highest BCUT2D eigenvalue weighted by molar-refractivity contribution is 7.89. The fraction of sp³-hybridized carbons (Fsp3) is 0.417. The van der Waals surface area contributed by atoms with Crippen molar-refractivity contribution < 1.29 is 13.2 Å². The van der Waals surface area contributed by atoms with Crippen LogP contribution in [0.1, 0.15) is 49.2 Å². The molecule has 0 aliphatic carbocycles. The van der Waals surface area contributed by atoms with Gasteiger partial charge in [0.15, 0.2) is 5.13 Å². The Morgan fingerprint density at radius 1 is 1.00 bits per heavy atom. The minimum Gasteiger partial charge on any atom is -0.298 e. The van der Waals surface area contributed by atoms with E-state index in [0.29, 0.717) is 29.3 Å². The van der Waals surface area contributed by atoms with Crippen molar-refractivity contribution in [1.29, 1.82) is 0 Å². The van der Waals surface area contributed by atoms with Gasteiger partial charge in [-0.25, -0.2) is 13.4 Å². The van der Waals surface area contributed by atoms with Crippen molar-refractivity contribution in [1.82, 2.24) is 9.29 Å². The standard InChI is InChI=1S/C24H31N3O3S2/c1-15(2)13-27(14-16(3)4)32(29,30)20-7-8-21-22(12-20)31-24(25-21)26-23(28)19-10-17(5)9-18(6)11-19/h7-12,15-16H,13-14H2,1-6H3,(H,25,26,28). The molecular weight excluding hydrogens is 442 g/mol. The van der Waals surface area contributed by atoms with E-state index in [1.165, 1.54) is 11.3 Å². The third-order valence-electron chi connectivity index (χ3n) is 4.84. The van der Waals surface area contributed by atoms with Gasteiger partial charge in [-0.15, -0.1) is 0 Å². The summed E-state index contributed by atoms with van der Waals surface area (Å²) in [6, 6.07) is 10.6. The third kappa shape index (κ3) is 5.74. The van der Waals surface area contributed by atoms with Crippen molar-refractivity contribution in [2.75, 3.05) is 18.4 Å². The van der Waals surface area contributed by atoms with Crippen molar-refractivity contribution in [3.63, 3.8) is 0 Å². The Hall–Kier alpha value is -2.29. The first-order valence-electron chi connectivity index (χ1n) is 10.8. The molecule has 0 aliphatic rings. The van der Waals surface area contributed by atoms with E-state index in [-0.39, 0.29) is 22.6 Å². The van der Waals surface area contributed by atoms with E-state index >= 15 is 0 Å². The second-order valence-corrected chi connectivity index (χ2v) is 12.1. The summed E-state index contributed by atoms with van der Waals surface area (Å²) in [7, 11) is -3.62. The maximum Gasteiger partial charge on any atom is 0.257 e. The maximum absolute atomic E-state index is 13.3. The average Bonchev–Trinajstić information content (AvgIpc) is 3.07. The van der Waals surface area contributed by atoms with Crippen molar-refractivity contribution in [3.05, 3.63) is 53.1 Å². The van der Waals surface area contributed by atoms with Gasteiger partial charge in [0, 0.05) is 18.7 Å². The van der Waals surface area contributed by atoms with Crippen LogP contribution in [0.15, 0.2) is 41.3 Å². The zero-order valence-electron chi connectivity index (χ0n) is 19.5. The summed E-state index contributed by atoms with van der Waals surface area (Å²) >= 11 is 1.27. The predicted molar refractivity (Wildman–Crippen MR) is 132 cm³/mol. The zero-order valence-corrected chi connectivity index (χ0v) is 21.1. The number of hydrogen-bond acceptors (Lipinski definition) is 5. The Kier molecular flexibility index (Phi) is 7.37. The van der Waals surface area contributed by atoms with E-state index in [4.69, 9.17) is 0 Å². The molecule has 1 heterocycles. The molecule has 32 heavy (non-hydrogen) atoms. The lowest BCUT2D eigenvalue weighted by Crippen LogP contribution is -2.37. The van der Waals surface area contributed by atoms with E-state index < -0.39 is 10.0 Å². The van der Waals surface area contributed by atoms with Crippen LogP contribution in [0.25, 0.3) is 10.2 Å². The van der Waals surface area contributed by atoms with Gasteiger partial charge in [0.25, 0.3) is 5.91 Å². The smallest absolute Gasteiger partial charge is 0.257 e. The van der Waals surface area contributed by atoms with Crippen LogP contribution in [0.5, 0.6) is 0 Å². The molecule has 172 valence electrons. The molecule has 1 aromatic heterocycles. The number of carbonyl (C=O) groups is 1. The Morgan fingerprint density at radius 2 is 1.59 bits per heavy atom. The van der Waals surface area contributed by atoms with Crippen LogP contribution in [0.2, 0.25) is 0 Å². The Balaban J connectivity index is 1.88. The van der Waals surface area contributed by atoms with Crippen LogP contribution in [-0.2, 0) is 10.0 Å². The molecule has 0 radical (unpaired) electrons. The minimum absolute atomic E-state index is 0.225. The van der Waals surface area contributed by atoms with E-state index in [1.807, 2.05) is 59.7 Å². The first-order chi connectivity index (χ1) is 15.0. The highest BCUT2D eigenvalue weighted by Crippen LogP contribution is 2.30. The zero-order chi connectivity index (χ0) is 23.6. The number of amides is 1. The normalized spacial score (nSPS) is 12.3. The Labute approximate surface area is 194 Å². The molecule has 2 aromatic carbocycles. The van der Waals surface area contributed by atoms with Gasteiger partial charge in [-0.1, -0.05) is 56.2 Å². The number of aryl methyl sites for hydroxylation is 2. The molecule has 8 heteroatoms. The number of sulfonamides is 1. The first-order valence-corrected chi connectivity index (χ1v) is 13.0. The van der Waals surface area contributed by atoms with E-state index in [9.17, 15) is 13.2 Å². The summed E-state index contributed by atoms with van der Waals surface area (Å²) in [6.45, 7) is 12.9. The maximum atomic E-state index is 13.3. The molecule has 6 nitrogen and oxygen atoms in total. The summed E-state index contributed by atoms with van der Waals surface area (Å²) in [4.78, 5) is 17.4. The van der Waals surface area contributed by atoms with Gasteiger partial charge in [-0.3, -0.25) is 10.1 Å². The Bertz CT molecular complexity index is 1200. The number of rotatable bonds is 8. The summed E-state index contributed by atoms with van der Waals surface area (Å²) in [6.07, 6.45) is 0. The quantitative estimate of drug-likeness (QED) is 0.471. The van der Waals surface area contributed by atoms with Crippen molar-refractivity contribution in [2.45, 2.75) is 46.4 Å². The highest BCUT2D eigenvalue weighted by Gasteiger charge is 2.26. The molecule has 0 aliphatic heterocycles. The molecule has 0 saturated heterocycles. The van der Waals surface area contributed by atoms with Crippen LogP contribution >= 0.6 is 11.3 Å². The number of hydrogen-bond donors (Lipinski definition) is 1. The van der Waals surface area contributed by atoms with Crippen LogP contribution < -0.4 is 5.32 Å². The highest BCUT2D eigenvalue weighted by atomic mass is 32.2. The van der Waals surface area contributed by atoms with Gasteiger partial charge in [0.2, 0.25) is 10.0 Å². The number of nitrogens with one attached hydrogen (secondary N) is 1. The van der Waals surface area contributed by atoms with Gasteiger partial charge in [-0.05, 0) is 56.0 Å². The first kappa shape index (κ1) is 24.4. The number of benzene rings is 2. The van der Waals surface area contributed by atoms with Gasteiger partial charge in [0.05, 0.1) is 15.1 Å². The molecular formula is C24H31N3O3S2. The third-order valence-corrected chi connectivity index (χ3v) is 7.60. The molecule has 0 saturated carbocycles. The summed E-state index contributed by atoms with van der Waals surface area (Å²) < 4.78 is 28.9. The van der Waals surface area contributed by atoms with Gasteiger partial charge in [0.1, 0.15) is 0 Å². The fourth-order valence-corrected chi connectivity index (χ4v) is 6.40. The lowest BCUT2D eigenvalue weighted by molar-refractivity contribution is 0.102. The number of aromatic nitrogens is 1. The van der Waals surface area contributed by atoms with E-state index in [0.717, 1.165) is 15.8 Å². The molecule has 1 amide bonds. The predicted octanol–water partition coefficient (Wildman–Crippen LogP) is 5.47. The second-order valence-electron chi connectivity index (χ2n) is 9.09. The number of anilines is 1. The van der Waals surface area contributed by atoms with Crippen molar-refractivity contribution >= 4 is 42.6 Å². The van der Waals surface area contributed by atoms with E-state index in [1.54, 1.807) is 22.5 Å². The lowest BCUT2D eigenvalue weighted by atomic mass is 10.1. The molecule has 1 N–H and O–H groups in total. The minimum atomic E-state index is -3.62. The van der Waals surface area contributed by atoms with Crippen molar-refractivity contribution in [3.8, 4) is 0 Å². The van der Waals surface area contributed by atoms with Crippen LogP contribution in [0.4, 0.5) is 5.13 Å². The van der Waals surface area contributed by atoms with E-state index in [2.05, 4.69) is 10.3 Å². The largest absolute Gasteiger partial charge is 0.298 e. The van der Waals surface area contributed by atoms with Gasteiger partial charge < -0.3 is 0 Å². The van der Waals surface area contributed by atoms with Crippen LogP contribution in [0, 0.1) is 25.7 Å². The molecule has 0 atom stereocenters. The van der Waals surface area contributed by atoms with Crippen LogP contribution in [-0.4, -0.2) is 36.7 Å². The molecule has 0 spiro atoms. The fourth-order valence-electron chi connectivity index (χ4n) is 3.63. The van der Waals surface area contributed by atoms with Crippen molar-refractivity contribution in [2.24, 2.45) is 11.8 Å². The monoisotopic (exact) mass is 473 g/mol. The molecule has 0 fully saturated rings. The average molecular weight is 474 g/mol. The summed E-state index contributed by atoms with van der Waals surface area (Å²) in [5, 5.41) is 3.29. The summed E-state index contributed by atoms with van der Waals surface area (Å²) in [5.74, 6) is 0.217. The number of carbonyl (C=O) groups excluding carboxylic acids is 1. The number of fused-ring (bicyclic) bond motifs is 1. The number of nitrogens with zero attached hydrogens (tertiary/aromatic N) is 2. The van der Waals surface area contributed by atoms with Crippen LogP contribution in [0.3, 0.4) is 0 Å².